The van der Waals surface area contributed by atoms with Gasteiger partial charge in [0.1, 0.15) is 10.6 Å². The summed E-state index contributed by atoms with van der Waals surface area (Å²) in [6.45, 7) is 2.29. The van der Waals surface area contributed by atoms with Crippen LogP contribution in [0, 0.1) is 6.92 Å². The maximum atomic E-state index is 13.0. The van der Waals surface area contributed by atoms with Gasteiger partial charge in [0, 0.05) is 25.2 Å². The third-order valence-electron chi connectivity index (χ3n) is 4.42. The number of anilines is 1. The number of nitrogens with one attached hydrogen (secondary N) is 1. The molecule has 2 heterocycles. The molecule has 0 radical (unpaired) electrons. The Morgan fingerprint density at radius 2 is 2.00 bits per heavy atom. The molecule has 1 fully saturated rings. The van der Waals surface area contributed by atoms with Gasteiger partial charge in [0.2, 0.25) is 15.9 Å². The van der Waals surface area contributed by atoms with Crippen LogP contribution in [0.4, 0.5) is 5.88 Å². The van der Waals surface area contributed by atoms with E-state index in [9.17, 15) is 18.0 Å². The fourth-order valence-electron chi connectivity index (χ4n) is 2.87. The number of rotatable bonds is 8. The van der Waals surface area contributed by atoms with E-state index >= 15 is 0 Å². The number of methoxy groups -OCH3 is 1. The smallest absolute Gasteiger partial charge is 0.331 e. The minimum Gasteiger partial charge on any atom is -0.495 e. The van der Waals surface area contributed by atoms with Gasteiger partial charge in [0.15, 0.2) is 6.61 Å². The van der Waals surface area contributed by atoms with Crippen LogP contribution in [-0.2, 0) is 29.1 Å². The Balaban J connectivity index is 1.64. The molecular weight excluding hydrogens is 442 g/mol. The maximum Gasteiger partial charge on any atom is 0.331 e. The zero-order valence-electron chi connectivity index (χ0n) is 17.6. The molecule has 172 valence electrons. The first-order chi connectivity index (χ1) is 15.3. The first-order valence-electron chi connectivity index (χ1n) is 9.63. The predicted molar refractivity (Wildman–Crippen MR) is 112 cm³/mol. The lowest BCUT2D eigenvalue weighted by atomic mass is 10.2. The SMILES string of the molecule is COc1ccc(/C=C/C(=O)OCC(=O)Nc2cc(C)no2)cc1S(=O)(=O)N1CCOCC1. The summed E-state index contributed by atoms with van der Waals surface area (Å²) >= 11 is 0. The zero-order chi connectivity index (χ0) is 23.1. The number of carbonyl (C=O) groups excluding carboxylic acids is 2. The van der Waals surface area contributed by atoms with E-state index in [0.29, 0.717) is 24.5 Å². The normalized spacial score (nSPS) is 14.9. The van der Waals surface area contributed by atoms with Crippen LogP contribution in [-0.4, -0.2) is 69.8 Å². The van der Waals surface area contributed by atoms with Crippen molar-refractivity contribution < 1.29 is 36.7 Å². The van der Waals surface area contributed by atoms with E-state index in [1.165, 1.54) is 35.7 Å². The summed E-state index contributed by atoms with van der Waals surface area (Å²) in [5, 5.41) is 6.02. The van der Waals surface area contributed by atoms with Gasteiger partial charge in [-0.3, -0.25) is 10.1 Å². The molecule has 1 saturated heterocycles. The molecule has 32 heavy (non-hydrogen) atoms. The Labute approximate surface area is 185 Å². The number of sulfonamides is 1. The number of aryl methyl sites for hydroxylation is 1. The molecule has 11 nitrogen and oxygen atoms in total. The fraction of sp³-hybridized carbons (Fsp3) is 0.350. The van der Waals surface area contributed by atoms with Crippen LogP contribution in [0.25, 0.3) is 6.08 Å². The minimum atomic E-state index is -3.80. The summed E-state index contributed by atoms with van der Waals surface area (Å²) in [7, 11) is -2.42. The van der Waals surface area contributed by atoms with Crippen LogP contribution >= 0.6 is 0 Å². The molecule has 1 aromatic carbocycles. The number of hydrogen-bond acceptors (Lipinski definition) is 9. The molecule has 1 amide bonds. The van der Waals surface area contributed by atoms with Gasteiger partial charge in [-0.05, 0) is 30.7 Å². The summed E-state index contributed by atoms with van der Waals surface area (Å²) in [6.07, 6.45) is 2.48. The molecule has 0 spiro atoms. The van der Waals surface area contributed by atoms with Gasteiger partial charge in [-0.1, -0.05) is 11.2 Å². The van der Waals surface area contributed by atoms with E-state index in [-0.39, 0.29) is 29.6 Å². The number of hydrogen-bond donors (Lipinski definition) is 1. The average Bonchev–Trinajstić information content (AvgIpc) is 3.21. The zero-order valence-corrected chi connectivity index (χ0v) is 18.4. The highest BCUT2D eigenvalue weighted by molar-refractivity contribution is 7.89. The van der Waals surface area contributed by atoms with Crippen molar-refractivity contribution in [3.8, 4) is 5.75 Å². The Bertz CT molecular complexity index is 1100. The fourth-order valence-corrected chi connectivity index (χ4v) is 4.47. The van der Waals surface area contributed by atoms with Gasteiger partial charge in [0.05, 0.1) is 26.0 Å². The Hall–Kier alpha value is -3.22. The van der Waals surface area contributed by atoms with Crippen LogP contribution in [0.3, 0.4) is 0 Å². The molecule has 1 aliphatic heterocycles. The van der Waals surface area contributed by atoms with E-state index in [1.807, 2.05) is 0 Å². The molecular formula is C20H23N3O8S. The lowest BCUT2D eigenvalue weighted by Crippen LogP contribution is -2.40. The first kappa shape index (κ1) is 23.4. The summed E-state index contributed by atoms with van der Waals surface area (Å²) in [5.41, 5.74) is 1.03. The van der Waals surface area contributed by atoms with Crippen LogP contribution in [0.2, 0.25) is 0 Å². The monoisotopic (exact) mass is 465 g/mol. The number of nitrogens with zero attached hydrogens (tertiary/aromatic N) is 2. The summed E-state index contributed by atoms with van der Waals surface area (Å²) in [4.78, 5) is 23.7. The topological polar surface area (TPSA) is 137 Å². The number of ether oxygens (including phenoxy) is 3. The lowest BCUT2D eigenvalue weighted by molar-refractivity contribution is -0.142. The first-order valence-corrected chi connectivity index (χ1v) is 11.1. The van der Waals surface area contributed by atoms with E-state index < -0.39 is 28.5 Å². The minimum absolute atomic E-state index is 0.0147. The molecule has 0 bridgehead atoms. The number of benzene rings is 1. The van der Waals surface area contributed by atoms with Crippen molar-refractivity contribution in [2.45, 2.75) is 11.8 Å². The quantitative estimate of drug-likeness (QED) is 0.450. The van der Waals surface area contributed by atoms with Crippen LogP contribution in [0.15, 0.2) is 39.8 Å². The number of esters is 1. The van der Waals surface area contributed by atoms with Crippen LogP contribution in [0.5, 0.6) is 5.75 Å². The molecule has 0 aliphatic carbocycles. The third-order valence-corrected chi connectivity index (χ3v) is 6.34. The Morgan fingerprint density at radius 3 is 2.66 bits per heavy atom. The number of carbonyl (C=O) groups is 2. The molecule has 0 atom stereocenters. The van der Waals surface area contributed by atoms with Crippen molar-refractivity contribution in [2.24, 2.45) is 0 Å². The summed E-state index contributed by atoms with van der Waals surface area (Å²) in [6, 6.07) is 6.03. The summed E-state index contributed by atoms with van der Waals surface area (Å²) in [5.74, 6) is -1.03. The predicted octanol–water partition coefficient (Wildman–Crippen LogP) is 1.21. The molecule has 0 saturated carbocycles. The molecule has 12 heteroatoms. The van der Waals surface area contributed by atoms with Crippen LogP contribution < -0.4 is 10.1 Å². The lowest BCUT2D eigenvalue weighted by Gasteiger charge is -2.26. The largest absolute Gasteiger partial charge is 0.495 e. The molecule has 1 aromatic heterocycles. The number of aromatic nitrogens is 1. The second kappa shape index (κ2) is 10.4. The van der Waals surface area contributed by atoms with Crippen molar-refractivity contribution in [2.75, 3.05) is 45.3 Å². The highest BCUT2D eigenvalue weighted by Gasteiger charge is 2.29. The van der Waals surface area contributed by atoms with Gasteiger partial charge in [-0.2, -0.15) is 4.31 Å². The van der Waals surface area contributed by atoms with Gasteiger partial charge >= 0.3 is 5.97 Å². The van der Waals surface area contributed by atoms with Gasteiger partial charge in [-0.25, -0.2) is 13.2 Å². The highest BCUT2D eigenvalue weighted by atomic mass is 32.2. The molecule has 1 N–H and O–H groups in total. The second-order valence-corrected chi connectivity index (χ2v) is 8.65. The number of amides is 1. The van der Waals surface area contributed by atoms with E-state index in [2.05, 4.69) is 10.5 Å². The number of morpholine rings is 1. The van der Waals surface area contributed by atoms with E-state index in [4.69, 9.17) is 18.7 Å². The molecule has 1 aliphatic rings. The van der Waals surface area contributed by atoms with Gasteiger partial charge < -0.3 is 18.7 Å². The van der Waals surface area contributed by atoms with E-state index in [0.717, 1.165) is 6.08 Å². The van der Waals surface area contributed by atoms with E-state index in [1.54, 1.807) is 13.0 Å². The molecule has 3 rings (SSSR count). The van der Waals surface area contributed by atoms with Crippen molar-refractivity contribution in [1.29, 1.82) is 0 Å². The second-order valence-electron chi connectivity index (χ2n) is 6.75. The Kier molecular flexibility index (Phi) is 7.62. The maximum absolute atomic E-state index is 13.0. The molecule has 2 aromatic rings. The van der Waals surface area contributed by atoms with Crippen molar-refractivity contribution in [3.63, 3.8) is 0 Å². The summed E-state index contributed by atoms with van der Waals surface area (Å²) < 4.78 is 47.5. The highest BCUT2D eigenvalue weighted by Crippen LogP contribution is 2.28. The van der Waals surface area contributed by atoms with Crippen LogP contribution in [0.1, 0.15) is 11.3 Å². The molecule has 0 unspecified atom stereocenters. The van der Waals surface area contributed by atoms with Crippen molar-refractivity contribution >= 4 is 33.9 Å². The van der Waals surface area contributed by atoms with Gasteiger partial charge in [-0.15, -0.1) is 0 Å². The third kappa shape index (κ3) is 5.93. The average molecular weight is 465 g/mol. The standard InChI is InChI=1S/C20H23N3O8S/c1-14-11-19(31-22-14)21-18(24)13-30-20(25)6-4-15-3-5-16(28-2)17(12-15)32(26,27)23-7-9-29-10-8-23/h3-6,11-12H,7-10,13H2,1-2H3,(H,21,24)/b6-4+. The van der Waals surface area contributed by atoms with Gasteiger partial charge in [0.25, 0.3) is 5.91 Å². The Morgan fingerprint density at radius 1 is 1.25 bits per heavy atom. The van der Waals surface area contributed by atoms with Crippen molar-refractivity contribution in [3.05, 3.63) is 41.6 Å². The van der Waals surface area contributed by atoms with Crippen molar-refractivity contribution in [1.82, 2.24) is 9.46 Å².